The van der Waals surface area contributed by atoms with Crippen LogP contribution in [-0.4, -0.2) is 85.1 Å². The summed E-state index contributed by atoms with van der Waals surface area (Å²) >= 11 is 0. The Kier molecular flexibility index (Phi) is 7.47. The van der Waals surface area contributed by atoms with Gasteiger partial charge in [0, 0.05) is 44.1 Å². The van der Waals surface area contributed by atoms with Crippen LogP contribution in [0, 0.1) is 11.7 Å². The van der Waals surface area contributed by atoms with Gasteiger partial charge in [0.15, 0.2) is 11.5 Å². The molecule has 39 heavy (non-hydrogen) atoms. The second-order valence-electron chi connectivity index (χ2n) is 10.4. The van der Waals surface area contributed by atoms with E-state index in [2.05, 4.69) is 10.0 Å². The Morgan fingerprint density at radius 3 is 2.62 bits per heavy atom. The molecule has 2 aromatic carbocycles. The zero-order valence-electron chi connectivity index (χ0n) is 21.9. The minimum atomic E-state index is -0.457. The number of fused-ring (bicyclic) bond motifs is 1. The van der Waals surface area contributed by atoms with E-state index in [0.29, 0.717) is 55.5 Å². The number of amides is 2. The molecule has 0 unspecified atom stereocenters. The van der Waals surface area contributed by atoms with Crippen molar-refractivity contribution in [1.29, 1.82) is 0 Å². The molecule has 6 rings (SSSR count). The maximum absolute atomic E-state index is 14.7. The first-order valence-electron chi connectivity index (χ1n) is 13.7. The number of rotatable bonds is 8. The van der Waals surface area contributed by atoms with Crippen LogP contribution in [-0.2, 0) is 14.3 Å². The van der Waals surface area contributed by atoms with Crippen LogP contribution in [0.25, 0.3) is 0 Å². The molecule has 2 aromatic rings. The van der Waals surface area contributed by atoms with Crippen LogP contribution in [0.2, 0.25) is 0 Å². The van der Waals surface area contributed by atoms with Crippen molar-refractivity contribution in [1.82, 2.24) is 14.8 Å². The molecule has 3 aliphatic heterocycles. The van der Waals surface area contributed by atoms with Crippen molar-refractivity contribution < 1.29 is 28.2 Å². The molecule has 0 N–H and O–H groups in total. The Morgan fingerprint density at radius 1 is 1.05 bits per heavy atom. The molecule has 4 aliphatic rings. The molecular weight excluding hydrogens is 503 g/mol. The van der Waals surface area contributed by atoms with Crippen LogP contribution in [0.15, 0.2) is 47.6 Å². The van der Waals surface area contributed by atoms with Gasteiger partial charge in [-0.25, -0.2) is 9.40 Å². The molecule has 1 aliphatic carbocycles. The van der Waals surface area contributed by atoms with E-state index in [4.69, 9.17) is 14.2 Å². The zero-order valence-corrected chi connectivity index (χ0v) is 21.9. The second kappa shape index (κ2) is 11.3. The largest absolute Gasteiger partial charge is 0.454 e. The number of morpholine rings is 1. The SMILES string of the molecule is O=C(C1CCC1)N(CCN1CCOCC1)CC(=O)N1N=C(c2ccccc2F)C[C@H]1c1ccc2c(c1)OCO2. The third-order valence-corrected chi connectivity index (χ3v) is 8.01. The number of halogens is 1. The number of ether oxygens (including phenoxy) is 3. The maximum Gasteiger partial charge on any atom is 0.262 e. The summed E-state index contributed by atoms with van der Waals surface area (Å²) < 4.78 is 31.2. The van der Waals surface area contributed by atoms with Crippen molar-refractivity contribution in [2.75, 3.05) is 52.7 Å². The van der Waals surface area contributed by atoms with Crippen molar-refractivity contribution in [2.24, 2.45) is 11.0 Å². The molecule has 9 nitrogen and oxygen atoms in total. The van der Waals surface area contributed by atoms with Crippen molar-refractivity contribution in [3.63, 3.8) is 0 Å². The minimum Gasteiger partial charge on any atom is -0.454 e. The molecule has 0 spiro atoms. The number of carbonyl (C=O) groups is 2. The average molecular weight is 537 g/mol. The fourth-order valence-electron chi connectivity index (χ4n) is 5.48. The van der Waals surface area contributed by atoms with Crippen molar-refractivity contribution in [2.45, 2.75) is 31.7 Å². The van der Waals surface area contributed by atoms with Gasteiger partial charge in [0.25, 0.3) is 5.91 Å². The highest BCUT2D eigenvalue weighted by atomic mass is 19.1. The highest BCUT2D eigenvalue weighted by Gasteiger charge is 2.37. The Hall–Kier alpha value is -3.50. The van der Waals surface area contributed by atoms with Gasteiger partial charge in [-0.1, -0.05) is 30.7 Å². The monoisotopic (exact) mass is 536 g/mol. The molecule has 0 radical (unpaired) electrons. The van der Waals surface area contributed by atoms with Crippen LogP contribution in [0.5, 0.6) is 11.5 Å². The van der Waals surface area contributed by atoms with Gasteiger partial charge in [-0.05, 0) is 36.6 Å². The lowest BCUT2D eigenvalue weighted by molar-refractivity contribution is -0.145. The quantitative estimate of drug-likeness (QED) is 0.516. The highest BCUT2D eigenvalue weighted by molar-refractivity contribution is 6.03. The highest BCUT2D eigenvalue weighted by Crippen LogP contribution is 2.39. The van der Waals surface area contributed by atoms with Crippen molar-refractivity contribution in [3.05, 3.63) is 59.4 Å². The first kappa shape index (κ1) is 25.8. The van der Waals surface area contributed by atoms with Crippen LogP contribution >= 0.6 is 0 Å². The van der Waals surface area contributed by atoms with E-state index in [1.165, 1.54) is 11.1 Å². The summed E-state index contributed by atoms with van der Waals surface area (Å²) in [5.41, 5.74) is 1.68. The standard InChI is InChI=1S/C29H33FN4O5/c30-23-7-2-1-6-22(23)24-17-25(21-8-9-26-27(16-21)39-19-38-26)34(31-24)28(35)18-33(29(36)20-4-3-5-20)11-10-32-12-14-37-15-13-32/h1-2,6-9,16,20,25H,3-5,10-15,17-19H2/t25-/m0/s1. The van der Waals surface area contributed by atoms with E-state index >= 15 is 0 Å². The lowest BCUT2D eigenvalue weighted by Gasteiger charge is -2.34. The maximum atomic E-state index is 14.7. The average Bonchev–Trinajstić information content (AvgIpc) is 3.58. The summed E-state index contributed by atoms with van der Waals surface area (Å²) in [6, 6.07) is 11.5. The van der Waals surface area contributed by atoms with Gasteiger partial charge in [-0.15, -0.1) is 0 Å². The Bertz CT molecular complexity index is 1260. The number of hydrogen-bond acceptors (Lipinski definition) is 7. The van der Waals surface area contributed by atoms with Gasteiger partial charge in [0.2, 0.25) is 12.7 Å². The van der Waals surface area contributed by atoms with Gasteiger partial charge < -0.3 is 19.1 Å². The van der Waals surface area contributed by atoms with E-state index < -0.39 is 6.04 Å². The lowest BCUT2D eigenvalue weighted by Crippen LogP contribution is -2.49. The molecule has 3 heterocycles. The molecule has 1 saturated carbocycles. The van der Waals surface area contributed by atoms with Gasteiger partial charge in [0.05, 0.1) is 25.0 Å². The Labute approximate surface area is 227 Å². The molecule has 10 heteroatoms. The molecule has 2 amide bonds. The van der Waals surface area contributed by atoms with Crippen molar-refractivity contribution >= 4 is 17.5 Å². The number of hydrazone groups is 1. The molecular formula is C29H33FN4O5. The van der Waals surface area contributed by atoms with E-state index in [9.17, 15) is 14.0 Å². The minimum absolute atomic E-state index is 0.0248. The molecule has 206 valence electrons. The van der Waals surface area contributed by atoms with Gasteiger partial charge >= 0.3 is 0 Å². The van der Waals surface area contributed by atoms with Crippen LogP contribution < -0.4 is 9.47 Å². The molecule has 1 atom stereocenters. The molecule has 2 fully saturated rings. The van der Waals surface area contributed by atoms with Crippen molar-refractivity contribution in [3.8, 4) is 11.5 Å². The first-order chi connectivity index (χ1) is 19.1. The lowest BCUT2D eigenvalue weighted by atomic mass is 9.84. The summed E-state index contributed by atoms with van der Waals surface area (Å²) in [7, 11) is 0. The zero-order chi connectivity index (χ0) is 26.8. The second-order valence-corrected chi connectivity index (χ2v) is 10.4. The molecule has 1 saturated heterocycles. The number of benzene rings is 2. The van der Waals surface area contributed by atoms with Crippen LogP contribution in [0.3, 0.4) is 0 Å². The summed E-state index contributed by atoms with van der Waals surface area (Å²) in [5.74, 6) is 0.570. The number of carbonyl (C=O) groups excluding carboxylic acids is 2. The van der Waals surface area contributed by atoms with E-state index in [1.54, 1.807) is 23.1 Å². The number of hydrogen-bond donors (Lipinski definition) is 0. The van der Waals surface area contributed by atoms with Crippen LogP contribution in [0.4, 0.5) is 4.39 Å². The number of nitrogens with zero attached hydrogens (tertiary/aromatic N) is 4. The molecule has 0 bridgehead atoms. The van der Waals surface area contributed by atoms with Crippen LogP contribution in [0.1, 0.15) is 42.9 Å². The molecule has 0 aromatic heterocycles. The predicted octanol–water partition coefficient (Wildman–Crippen LogP) is 3.19. The van der Waals surface area contributed by atoms with E-state index in [1.807, 2.05) is 18.2 Å². The van der Waals surface area contributed by atoms with E-state index in [-0.39, 0.29) is 36.9 Å². The Balaban J connectivity index is 1.25. The summed E-state index contributed by atoms with van der Waals surface area (Å²) in [6.45, 7) is 4.20. The van der Waals surface area contributed by atoms with Gasteiger partial charge in [0.1, 0.15) is 12.4 Å². The first-order valence-corrected chi connectivity index (χ1v) is 13.7. The van der Waals surface area contributed by atoms with E-state index in [0.717, 1.165) is 37.9 Å². The third-order valence-electron chi connectivity index (χ3n) is 8.01. The third kappa shape index (κ3) is 5.49. The Morgan fingerprint density at radius 2 is 1.85 bits per heavy atom. The normalized spacial score (nSPS) is 21.0. The smallest absolute Gasteiger partial charge is 0.262 e. The van der Waals surface area contributed by atoms with Gasteiger partial charge in [-0.3, -0.25) is 14.5 Å². The summed E-state index contributed by atoms with van der Waals surface area (Å²) in [6.07, 6.45) is 3.10. The predicted molar refractivity (Wildman–Crippen MR) is 141 cm³/mol. The fraction of sp³-hybridized carbons (Fsp3) is 0.483. The summed E-state index contributed by atoms with van der Waals surface area (Å²) in [4.78, 5) is 31.2. The van der Waals surface area contributed by atoms with Gasteiger partial charge in [-0.2, -0.15) is 5.10 Å². The summed E-state index contributed by atoms with van der Waals surface area (Å²) in [5, 5.41) is 6.06. The fourth-order valence-corrected chi connectivity index (χ4v) is 5.48. The topological polar surface area (TPSA) is 83.9 Å².